The highest BCUT2D eigenvalue weighted by Gasteiger charge is 2.60. The van der Waals surface area contributed by atoms with Crippen molar-refractivity contribution in [1.82, 2.24) is 19.5 Å². The van der Waals surface area contributed by atoms with Gasteiger partial charge in [0.2, 0.25) is 15.9 Å². The van der Waals surface area contributed by atoms with E-state index in [1.54, 1.807) is 12.0 Å². The summed E-state index contributed by atoms with van der Waals surface area (Å²) in [6.45, 7) is 1.80. The van der Waals surface area contributed by atoms with Crippen molar-refractivity contribution in [2.75, 3.05) is 46.2 Å². The van der Waals surface area contributed by atoms with E-state index in [1.165, 1.54) is 4.31 Å². The van der Waals surface area contributed by atoms with Gasteiger partial charge in [-0.2, -0.15) is 13.2 Å². The molecule has 2 saturated heterocycles. The first-order valence-corrected chi connectivity index (χ1v) is 14.4. The van der Waals surface area contributed by atoms with Crippen LogP contribution in [0.5, 0.6) is 0 Å². The molecule has 9 nitrogen and oxygen atoms in total. The Morgan fingerprint density at radius 1 is 1.35 bits per heavy atom. The summed E-state index contributed by atoms with van der Waals surface area (Å²) in [6, 6.07) is 1.13. The highest BCUT2D eigenvalue weighted by molar-refractivity contribution is 7.88. The monoisotopic (exact) mass is 546 g/mol. The average Bonchev–Trinajstić information content (AvgIpc) is 3.38. The normalized spacial score (nSPS) is 32.8. The molecule has 3 aliphatic heterocycles. The number of alkyl halides is 3. The van der Waals surface area contributed by atoms with Crippen molar-refractivity contribution in [2.45, 2.75) is 56.6 Å². The topological polar surface area (TPSA) is 101 Å². The van der Waals surface area contributed by atoms with E-state index in [4.69, 9.17) is 9.47 Å². The molecule has 206 valence electrons. The highest BCUT2D eigenvalue weighted by atomic mass is 32.2. The number of rotatable bonds is 5. The molecule has 0 bridgehead atoms. The number of carbonyl (C=O) groups is 1. The van der Waals surface area contributed by atoms with Crippen molar-refractivity contribution in [3.05, 3.63) is 29.1 Å². The van der Waals surface area contributed by atoms with Crippen LogP contribution in [0.3, 0.4) is 0 Å². The molecule has 1 N–H and O–H groups in total. The zero-order chi connectivity index (χ0) is 26.6. The third-order valence-electron chi connectivity index (χ3n) is 8.45. The van der Waals surface area contributed by atoms with Crippen molar-refractivity contribution in [3.63, 3.8) is 0 Å². The molecule has 1 aliphatic carbocycles. The van der Waals surface area contributed by atoms with Crippen molar-refractivity contribution >= 4 is 15.9 Å². The van der Waals surface area contributed by atoms with Crippen molar-refractivity contribution in [3.8, 4) is 0 Å². The summed E-state index contributed by atoms with van der Waals surface area (Å²) in [5, 5.41) is 3.64. The second-order valence-corrected chi connectivity index (χ2v) is 12.7. The molecular weight excluding hydrogens is 513 g/mol. The van der Waals surface area contributed by atoms with E-state index in [1.807, 2.05) is 0 Å². The maximum Gasteiger partial charge on any atom is 0.417 e. The van der Waals surface area contributed by atoms with E-state index >= 15 is 0 Å². The molecule has 3 fully saturated rings. The minimum atomic E-state index is -4.52. The summed E-state index contributed by atoms with van der Waals surface area (Å²) in [5.74, 6) is -0.375. The van der Waals surface area contributed by atoms with E-state index in [-0.39, 0.29) is 49.6 Å². The first-order chi connectivity index (χ1) is 17.4. The number of ether oxygens (including phenoxy) is 2. The molecule has 1 aromatic rings. The fraction of sp³-hybridized carbons (Fsp3) is 0.750. The van der Waals surface area contributed by atoms with Gasteiger partial charge in [-0.15, -0.1) is 0 Å². The number of amides is 1. The summed E-state index contributed by atoms with van der Waals surface area (Å²) in [4.78, 5) is 19.7. The lowest BCUT2D eigenvalue weighted by atomic mass is 9.78. The van der Waals surface area contributed by atoms with Crippen LogP contribution < -0.4 is 5.32 Å². The number of pyridine rings is 1. The molecule has 4 aliphatic rings. The standard InChI is InChI=1S/C24H33F3N4O5S/c1-35-21-13-36-6-4-20(21)29-18-8-17-12-31(37(2,33)34)14-23(17,9-18)22(32)30-5-3-19-15(11-30)7-16(10-28-19)24(25,26)27/h7,10,17-18,20-21,29H,3-6,8-9,11-14H2,1-2H3/t17-,18+,20?,21?,23-/m0/s1. The fourth-order valence-electron chi connectivity index (χ4n) is 6.54. The number of hydrogen-bond acceptors (Lipinski definition) is 7. The fourth-order valence-corrected chi connectivity index (χ4v) is 7.46. The van der Waals surface area contributed by atoms with E-state index < -0.39 is 27.2 Å². The quantitative estimate of drug-likeness (QED) is 0.596. The molecule has 1 saturated carbocycles. The molecule has 0 radical (unpaired) electrons. The van der Waals surface area contributed by atoms with Gasteiger partial charge in [0, 0.05) is 70.3 Å². The number of hydrogen-bond donors (Lipinski definition) is 1. The van der Waals surface area contributed by atoms with Gasteiger partial charge in [0.05, 0.1) is 29.9 Å². The van der Waals surface area contributed by atoms with Gasteiger partial charge in [0.15, 0.2) is 0 Å². The van der Waals surface area contributed by atoms with Gasteiger partial charge >= 0.3 is 6.18 Å². The summed E-state index contributed by atoms with van der Waals surface area (Å²) in [7, 11) is -1.87. The highest BCUT2D eigenvalue weighted by Crippen LogP contribution is 2.51. The first kappa shape index (κ1) is 26.8. The number of nitrogens with one attached hydrogen (secondary N) is 1. The van der Waals surface area contributed by atoms with Crippen LogP contribution in [0.25, 0.3) is 0 Å². The molecule has 0 aromatic carbocycles. The molecule has 0 spiro atoms. The van der Waals surface area contributed by atoms with Gasteiger partial charge in [0.1, 0.15) is 0 Å². The van der Waals surface area contributed by atoms with E-state index in [9.17, 15) is 26.4 Å². The molecule has 13 heteroatoms. The van der Waals surface area contributed by atoms with Crippen LogP contribution in [0.15, 0.2) is 12.3 Å². The lowest BCUT2D eigenvalue weighted by Crippen LogP contribution is -2.52. The van der Waals surface area contributed by atoms with Crippen LogP contribution in [0, 0.1) is 11.3 Å². The summed E-state index contributed by atoms with van der Waals surface area (Å²) < 4.78 is 77.1. The van der Waals surface area contributed by atoms with Crippen molar-refractivity contribution in [2.24, 2.45) is 11.3 Å². The van der Waals surface area contributed by atoms with Gasteiger partial charge in [-0.05, 0) is 36.8 Å². The smallest absolute Gasteiger partial charge is 0.379 e. The minimum Gasteiger partial charge on any atom is -0.379 e. The van der Waals surface area contributed by atoms with Crippen LogP contribution in [0.1, 0.15) is 36.1 Å². The van der Waals surface area contributed by atoms with Crippen molar-refractivity contribution in [1.29, 1.82) is 0 Å². The summed E-state index contributed by atoms with van der Waals surface area (Å²) in [6.07, 6.45) is -0.424. The Balaban J connectivity index is 1.38. The molecular formula is C24H33F3N4O5S. The van der Waals surface area contributed by atoms with Gasteiger partial charge in [0.25, 0.3) is 0 Å². The number of aromatic nitrogens is 1. The van der Waals surface area contributed by atoms with Gasteiger partial charge < -0.3 is 19.7 Å². The molecule has 5 atom stereocenters. The Bertz CT molecular complexity index is 1150. The maximum atomic E-state index is 14.1. The largest absolute Gasteiger partial charge is 0.417 e. The Hall–Kier alpha value is -1.80. The van der Waals surface area contributed by atoms with Gasteiger partial charge in [-0.3, -0.25) is 9.78 Å². The second-order valence-electron chi connectivity index (χ2n) is 10.8. The zero-order valence-electron chi connectivity index (χ0n) is 21.0. The number of methoxy groups -OCH3 is 1. The number of halogens is 3. The predicted octanol–water partition coefficient (Wildman–Crippen LogP) is 1.42. The lowest BCUT2D eigenvalue weighted by Gasteiger charge is -2.37. The Morgan fingerprint density at radius 2 is 2.14 bits per heavy atom. The van der Waals surface area contributed by atoms with Crippen LogP contribution in [-0.4, -0.2) is 92.9 Å². The van der Waals surface area contributed by atoms with E-state index in [0.717, 1.165) is 24.9 Å². The average molecular weight is 547 g/mol. The molecule has 1 amide bonds. The summed E-state index contributed by atoms with van der Waals surface area (Å²) in [5.41, 5.74) is -0.819. The predicted molar refractivity (Wildman–Crippen MR) is 127 cm³/mol. The minimum absolute atomic E-state index is 0.00742. The molecule has 37 heavy (non-hydrogen) atoms. The maximum absolute atomic E-state index is 14.1. The van der Waals surface area contributed by atoms with Crippen LogP contribution in [0.4, 0.5) is 13.2 Å². The lowest BCUT2D eigenvalue weighted by molar-refractivity contribution is -0.143. The Morgan fingerprint density at radius 3 is 2.84 bits per heavy atom. The van der Waals surface area contributed by atoms with Gasteiger partial charge in [-0.1, -0.05) is 0 Å². The molecule has 1 aromatic heterocycles. The number of sulfonamides is 1. The van der Waals surface area contributed by atoms with Crippen molar-refractivity contribution < 1.29 is 35.9 Å². The molecule has 4 heterocycles. The molecule has 5 rings (SSSR count). The second kappa shape index (κ2) is 9.74. The third kappa shape index (κ3) is 5.12. The number of fused-ring (bicyclic) bond motifs is 2. The Labute approximate surface area is 214 Å². The summed E-state index contributed by atoms with van der Waals surface area (Å²) >= 11 is 0. The van der Waals surface area contributed by atoms with Crippen LogP contribution >= 0.6 is 0 Å². The molecule has 2 unspecified atom stereocenters. The van der Waals surface area contributed by atoms with E-state index in [2.05, 4.69) is 10.3 Å². The zero-order valence-corrected chi connectivity index (χ0v) is 21.8. The van der Waals surface area contributed by atoms with E-state index in [0.29, 0.717) is 50.3 Å². The number of nitrogens with zero attached hydrogens (tertiary/aromatic N) is 3. The van der Waals surface area contributed by atoms with Gasteiger partial charge in [-0.25, -0.2) is 12.7 Å². The first-order valence-electron chi connectivity index (χ1n) is 12.6. The van der Waals surface area contributed by atoms with Crippen LogP contribution in [0.2, 0.25) is 0 Å². The number of carbonyl (C=O) groups excluding carboxylic acids is 1. The third-order valence-corrected chi connectivity index (χ3v) is 9.67. The van der Waals surface area contributed by atoms with Crippen LogP contribution in [-0.2, 0) is 43.4 Å². The Kier molecular flexibility index (Phi) is 7.06. The SMILES string of the molecule is COC1COCCC1N[C@@H]1C[C@H]2CN(S(C)(=O)=O)C[C@@]2(C(=O)N2CCc3ncc(C(F)(F)F)cc3C2)C1.